The summed E-state index contributed by atoms with van der Waals surface area (Å²) in [5.74, 6) is 2.14. The highest BCUT2D eigenvalue weighted by atomic mass is 16.1. The van der Waals surface area contributed by atoms with Gasteiger partial charge in [0.15, 0.2) is 0 Å². The van der Waals surface area contributed by atoms with Gasteiger partial charge in [0.1, 0.15) is 5.78 Å². The Morgan fingerprint density at radius 2 is 2.07 bits per heavy atom. The first-order chi connectivity index (χ1) is 7.24. The van der Waals surface area contributed by atoms with E-state index in [1.165, 1.54) is 25.7 Å². The summed E-state index contributed by atoms with van der Waals surface area (Å²) in [5, 5.41) is 0. The van der Waals surface area contributed by atoms with E-state index in [0.717, 1.165) is 18.8 Å². The fraction of sp³-hybridized carbons (Fsp3) is 0.786. The highest BCUT2D eigenvalue weighted by molar-refractivity contribution is 5.83. The molecular weight excluding hydrogens is 184 g/mol. The fourth-order valence-corrected chi connectivity index (χ4v) is 4.57. The first kappa shape index (κ1) is 9.62. The number of Topliss-reactive ketones (excluding diaryl/α,β-unsaturated/α-hetero) is 1. The molecule has 1 spiro atoms. The minimum absolute atomic E-state index is 0.365. The number of hydrogen-bond acceptors (Lipinski definition) is 1. The Bertz CT molecular complexity index is 317. The van der Waals surface area contributed by atoms with Gasteiger partial charge in [-0.15, -0.1) is 0 Å². The summed E-state index contributed by atoms with van der Waals surface area (Å²) in [5.41, 5.74) is 0.392. The van der Waals surface area contributed by atoms with Crippen molar-refractivity contribution in [2.75, 3.05) is 0 Å². The van der Waals surface area contributed by atoms with Gasteiger partial charge in [-0.05, 0) is 42.9 Å². The van der Waals surface area contributed by atoms with E-state index in [-0.39, 0.29) is 0 Å². The van der Waals surface area contributed by atoms with E-state index >= 15 is 0 Å². The van der Waals surface area contributed by atoms with Crippen molar-refractivity contribution in [3.8, 4) is 0 Å². The number of carbonyl (C=O) groups is 1. The Labute approximate surface area is 91.9 Å². The number of allylic oxidation sites excluding steroid dienone is 2. The third-order valence-corrected chi connectivity index (χ3v) is 5.10. The number of carbonyl (C=O) groups excluding carboxylic acids is 1. The van der Waals surface area contributed by atoms with Crippen LogP contribution >= 0.6 is 0 Å². The molecule has 82 valence electrons. The lowest BCUT2D eigenvalue weighted by Crippen LogP contribution is -2.46. The van der Waals surface area contributed by atoms with Crippen LogP contribution in [0.2, 0.25) is 0 Å². The summed E-state index contributed by atoms with van der Waals surface area (Å²) in [6.45, 7) is 2.24. The molecule has 2 saturated carbocycles. The predicted molar refractivity (Wildman–Crippen MR) is 60.4 cm³/mol. The zero-order chi connectivity index (χ0) is 10.5. The number of rotatable bonds is 0. The van der Waals surface area contributed by atoms with Crippen molar-refractivity contribution in [2.45, 2.75) is 45.4 Å². The second-order valence-corrected chi connectivity index (χ2v) is 5.77. The highest BCUT2D eigenvalue weighted by Gasteiger charge is 2.54. The third-order valence-electron chi connectivity index (χ3n) is 5.10. The normalized spacial score (nSPS) is 48.9. The largest absolute Gasteiger partial charge is 0.299 e. The van der Waals surface area contributed by atoms with Crippen LogP contribution in [0.5, 0.6) is 0 Å². The van der Waals surface area contributed by atoms with Crippen molar-refractivity contribution in [3.05, 3.63) is 12.2 Å². The molecule has 4 atom stereocenters. The molecule has 0 aliphatic heterocycles. The Kier molecular flexibility index (Phi) is 2.05. The minimum Gasteiger partial charge on any atom is -0.299 e. The fourth-order valence-electron chi connectivity index (χ4n) is 4.57. The van der Waals surface area contributed by atoms with Gasteiger partial charge < -0.3 is 0 Å². The van der Waals surface area contributed by atoms with E-state index in [0.29, 0.717) is 23.0 Å². The Morgan fingerprint density at radius 3 is 2.93 bits per heavy atom. The van der Waals surface area contributed by atoms with Crippen LogP contribution in [0.3, 0.4) is 0 Å². The summed E-state index contributed by atoms with van der Waals surface area (Å²) in [4.78, 5) is 12.1. The molecule has 1 heteroatoms. The first-order valence-electron chi connectivity index (χ1n) is 6.45. The molecule has 3 rings (SSSR count). The molecule has 0 aromatic carbocycles. The van der Waals surface area contributed by atoms with E-state index in [1.807, 2.05) is 0 Å². The van der Waals surface area contributed by atoms with Gasteiger partial charge in [-0.1, -0.05) is 25.5 Å². The van der Waals surface area contributed by atoms with Crippen molar-refractivity contribution < 1.29 is 4.79 Å². The lowest BCUT2D eigenvalue weighted by Gasteiger charge is -2.48. The first-order valence-corrected chi connectivity index (χ1v) is 6.45. The van der Waals surface area contributed by atoms with E-state index < -0.39 is 0 Å². The van der Waals surface area contributed by atoms with Crippen molar-refractivity contribution in [2.24, 2.45) is 23.2 Å². The van der Waals surface area contributed by atoms with Crippen molar-refractivity contribution in [1.82, 2.24) is 0 Å². The maximum Gasteiger partial charge on any atom is 0.137 e. The summed E-state index contributed by atoms with van der Waals surface area (Å²) in [6, 6.07) is 0. The minimum atomic E-state index is 0.365. The van der Waals surface area contributed by atoms with E-state index in [4.69, 9.17) is 0 Å². The van der Waals surface area contributed by atoms with Crippen LogP contribution in [-0.2, 0) is 4.79 Å². The molecular formula is C14H20O. The summed E-state index contributed by atoms with van der Waals surface area (Å²) in [7, 11) is 0. The topological polar surface area (TPSA) is 17.1 Å². The lowest BCUT2D eigenvalue weighted by atomic mass is 9.54. The second-order valence-electron chi connectivity index (χ2n) is 5.77. The zero-order valence-electron chi connectivity index (χ0n) is 9.54. The maximum atomic E-state index is 12.1. The maximum absolute atomic E-state index is 12.1. The van der Waals surface area contributed by atoms with Crippen LogP contribution in [0.15, 0.2) is 12.2 Å². The van der Waals surface area contributed by atoms with Crippen LogP contribution < -0.4 is 0 Å². The van der Waals surface area contributed by atoms with Gasteiger partial charge in [0, 0.05) is 12.3 Å². The molecule has 0 aromatic rings. The molecule has 0 N–H and O–H groups in total. The Morgan fingerprint density at radius 1 is 1.27 bits per heavy atom. The summed E-state index contributed by atoms with van der Waals surface area (Å²) < 4.78 is 0. The van der Waals surface area contributed by atoms with E-state index in [2.05, 4.69) is 19.1 Å². The van der Waals surface area contributed by atoms with Gasteiger partial charge >= 0.3 is 0 Å². The van der Waals surface area contributed by atoms with Gasteiger partial charge in [-0.3, -0.25) is 4.79 Å². The second kappa shape index (κ2) is 3.20. The molecule has 15 heavy (non-hydrogen) atoms. The number of hydrogen-bond donors (Lipinski definition) is 0. The molecule has 0 saturated heterocycles. The van der Waals surface area contributed by atoms with Crippen molar-refractivity contribution in [3.63, 3.8) is 0 Å². The Balaban J connectivity index is 2.05. The van der Waals surface area contributed by atoms with Crippen molar-refractivity contribution >= 4 is 5.78 Å². The molecule has 0 aromatic heterocycles. The number of ketones is 1. The van der Waals surface area contributed by atoms with Gasteiger partial charge in [-0.25, -0.2) is 0 Å². The Hall–Kier alpha value is -0.590. The molecule has 0 bridgehead atoms. The molecule has 1 nitrogen and oxygen atoms in total. The lowest BCUT2D eigenvalue weighted by molar-refractivity contribution is -0.134. The molecule has 2 fully saturated rings. The average Bonchev–Trinajstić information content (AvgIpc) is 2.60. The van der Waals surface area contributed by atoms with E-state index in [9.17, 15) is 4.79 Å². The quantitative estimate of drug-likeness (QED) is 0.553. The van der Waals surface area contributed by atoms with Crippen LogP contribution in [0.25, 0.3) is 0 Å². The van der Waals surface area contributed by atoms with Crippen LogP contribution in [-0.4, -0.2) is 5.78 Å². The van der Waals surface area contributed by atoms with Crippen LogP contribution in [0.4, 0.5) is 0 Å². The van der Waals surface area contributed by atoms with Crippen LogP contribution in [0.1, 0.15) is 45.4 Å². The van der Waals surface area contributed by atoms with Gasteiger partial charge in [0.25, 0.3) is 0 Å². The smallest absolute Gasteiger partial charge is 0.137 e. The molecule has 3 aliphatic carbocycles. The van der Waals surface area contributed by atoms with Gasteiger partial charge in [0.2, 0.25) is 0 Å². The highest BCUT2D eigenvalue weighted by Crippen LogP contribution is 2.59. The molecule has 0 radical (unpaired) electrons. The molecule has 0 heterocycles. The summed E-state index contributed by atoms with van der Waals surface area (Å²) in [6.07, 6.45) is 12.0. The zero-order valence-corrected chi connectivity index (χ0v) is 9.54. The SMILES string of the molecule is C[C@H]1C=C[C@H]2CCC[C@@]23CCCC(=O)[C@@H]13. The average molecular weight is 204 g/mol. The van der Waals surface area contributed by atoms with Gasteiger partial charge in [0.05, 0.1) is 0 Å². The van der Waals surface area contributed by atoms with E-state index in [1.54, 1.807) is 0 Å². The molecule has 0 amide bonds. The molecule has 0 unspecified atom stereocenters. The standard InChI is InChI=1S/C14H20O/c1-10-6-7-11-4-2-8-14(11)9-3-5-12(15)13(10)14/h6-7,10-11,13H,2-5,8-9H2,1H3/t10-,11+,13+,14+/m0/s1. The van der Waals surface area contributed by atoms with Gasteiger partial charge in [-0.2, -0.15) is 0 Å². The van der Waals surface area contributed by atoms with Crippen molar-refractivity contribution in [1.29, 1.82) is 0 Å². The monoisotopic (exact) mass is 204 g/mol. The third kappa shape index (κ3) is 1.18. The molecule has 3 aliphatic rings. The van der Waals surface area contributed by atoms with Crippen LogP contribution in [0, 0.1) is 23.2 Å². The predicted octanol–water partition coefficient (Wildman–Crippen LogP) is 3.35. The summed E-state index contributed by atoms with van der Waals surface area (Å²) >= 11 is 0.